The summed E-state index contributed by atoms with van der Waals surface area (Å²) in [5.74, 6) is 1.97. The number of hydrogen-bond donors (Lipinski definition) is 1. The predicted molar refractivity (Wildman–Crippen MR) is 95.7 cm³/mol. The molecule has 4 rings (SSSR count). The van der Waals surface area contributed by atoms with Crippen LogP contribution in [-0.4, -0.2) is 28.3 Å². The predicted octanol–water partition coefficient (Wildman–Crippen LogP) is 3.22. The average Bonchev–Trinajstić information content (AvgIpc) is 3.54. The molecule has 0 saturated heterocycles. The molecule has 2 aromatic rings. The maximum absolute atomic E-state index is 12.2. The van der Waals surface area contributed by atoms with E-state index in [1.165, 1.54) is 37.1 Å². The van der Waals surface area contributed by atoms with Gasteiger partial charge in [0, 0.05) is 24.1 Å². The average molecular weight is 339 g/mol. The van der Waals surface area contributed by atoms with Gasteiger partial charge in [-0.2, -0.15) is 5.10 Å². The summed E-state index contributed by atoms with van der Waals surface area (Å²) < 4.78 is 7.77. The van der Waals surface area contributed by atoms with Crippen molar-refractivity contribution < 1.29 is 9.53 Å². The van der Waals surface area contributed by atoms with E-state index >= 15 is 0 Å². The Bertz CT molecular complexity index is 733. The molecule has 0 spiro atoms. The topological polar surface area (TPSA) is 56.1 Å². The molecule has 2 aliphatic carbocycles. The maximum Gasteiger partial charge on any atom is 0.260 e. The Morgan fingerprint density at radius 2 is 1.96 bits per heavy atom. The van der Waals surface area contributed by atoms with Crippen LogP contribution in [0.15, 0.2) is 36.4 Å². The first kappa shape index (κ1) is 16.2. The lowest BCUT2D eigenvalue weighted by molar-refractivity contribution is -0.127. The number of aromatic nitrogens is 2. The minimum Gasteiger partial charge on any atom is -0.481 e. The molecule has 1 aromatic carbocycles. The molecule has 1 aromatic heterocycles. The van der Waals surface area contributed by atoms with Crippen molar-refractivity contribution in [3.63, 3.8) is 0 Å². The summed E-state index contributed by atoms with van der Waals surface area (Å²) in [6.07, 6.45) is 4.57. The van der Waals surface area contributed by atoms with Crippen molar-refractivity contribution in [3.05, 3.63) is 47.8 Å². The summed E-state index contributed by atoms with van der Waals surface area (Å²) in [6.45, 7) is 3.08. The number of para-hydroxylation sites is 1. The van der Waals surface area contributed by atoms with Gasteiger partial charge in [-0.15, -0.1) is 0 Å². The summed E-state index contributed by atoms with van der Waals surface area (Å²) in [5, 5.41) is 7.74. The number of nitrogens with zero attached hydrogens (tertiary/aromatic N) is 2. The molecule has 1 unspecified atom stereocenters. The molecule has 1 N–H and O–H groups in total. The van der Waals surface area contributed by atoms with Crippen LogP contribution in [-0.2, 0) is 11.3 Å². The lowest BCUT2D eigenvalue weighted by atomic mass is 10.2. The zero-order valence-electron chi connectivity index (χ0n) is 14.6. The minimum atomic E-state index is -0.509. The van der Waals surface area contributed by atoms with Crippen LogP contribution in [0, 0.1) is 0 Å². The number of rotatable bonds is 8. The van der Waals surface area contributed by atoms with Gasteiger partial charge in [-0.25, -0.2) is 0 Å². The molecular formula is C20H25N3O2. The second kappa shape index (κ2) is 6.90. The Hall–Kier alpha value is -2.30. The largest absolute Gasteiger partial charge is 0.481 e. The molecule has 0 radical (unpaired) electrons. The minimum absolute atomic E-state index is 0.0913. The monoisotopic (exact) mass is 339 g/mol. The number of hydrogen-bond acceptors (Lipinski definition) is 3. The molecule has 1 atom stereocenters. The SMILES string of the molecule is CC(Oc1ccccc1)C(=O)NCCn1nc(C2CC2)cc1C1CC1. The molecule has 2 aliphatic rings. The first-order valence-electron chi connectivity index (χ1n) is 9.28. The molecule has 25 heavy (non-hydrogen) atoms. The van der Waals surface area contributed by atoms with Gasteiger partial charge in [0.15, 0.2) is 6.10 Å². The van der Waals surface area contributed by atoms with E-state index in [0.29, 0.717) is 24.1 Å². The van der Waals surface area contributed by atoms with Crippen LogP contribution in [0.1, 0.15) is 55.8 Å². The van der Waals surface area contributed by atoms with E-state index in [-0.39, 0.29) is 5.91 Å². The van der Waals surface area contributed by atoms with Crippen molar-refractivity contribution in [3.8, 4) is 5.75 Å². The van der Waals surface area contributed by atoms with Crippen LogP contribution < -0.4 is 10.1 Å². The first-order valence-corrected chi connectivity index (χ1v) is 9.28. The highest BCUT2D eigenvalue weighted by molar-refractivity contribution is 5.80. The van der Waals surface area contributed by atoms with Gasteiger partial charge in [0.2, 0.25) is 0 Å². The fraction of sp³-hybridized carbons (Fsp3) is 0.500. The Morgan fingerprint density at radius 3 is 2.64 bits per heavy atom. The lowest BCUT2D eigenvalue weighted by Gasteiger charge is -2.15. The van der Waals surface area contributed by atoms with Crippen molar-refractivity contribution >= 4 is 5.91 Å². The smallest absolute Gasteiger partial charge is 0.260 e. The van der Waals surface area contributed by atoms with Crippen LogP contribution >= 0.6 is 0 Å². The quantitative estimate of drug-likeness (QED) is 0.803. The second-order valence-electron chi connectivity index (χ2n) is 7.13. The van der Waals surface area contributed by atoms with Crippen molar-refractivity contribution in [2.24, 2.45) is 0 Å². The number of nitrogens with one attached hydrogen (secondary N) is 1. The Morgan fingerprint density at radius 1 is 1.24 bits per heavy atom. The van der Waals surface area contributed by atoms with Crippen molar-refractivity contribution in [1.82, 2.24) is 15.1 Å². The van der Waals surface area contributed by atoms with Gasteiger partial charge in [0.25, 0.3) is 5.91 Å². The van der Waals surface area contributed by atoms with Gasteiger partial charge in [-0.05, 0) is 50.8 Å². The van der Waals surface area contributed by atoms with Gasteiger partial charge < -0.3 is 10.1 Å². The van der Waals surface area contributed by atoms with E-state index in [1.807, 2.05) is 30.3 Å². The fourth-order valence-electron chi connectivity index (χ4n) is 3.10. The van der Waals surface area contributed by atoms with Crippen LogP contribution in [0.4, 0.5) is 0 Å². The zero-order valence-corrected chi connectivity index (χ0v) is 14.6. The molecule has 1 amide bonds. The highest BCUT2D eigenvalue weighted by Crippen LogP contribution is 2.44. The third-order valence-electron chi connectivity index (χ3n) is 4.87. The van der Waals surface area contributed by atoms with Gasteiger partial charge >= 0.3 is 0 Å². The Balaban J connectivity index is 1.29. The van der Waals surface area contributed by atoms with E-state index < -0.39 is 6.10 Å². The maximum atomic E-state index is 12.2. The van der Waals surface area contributed by atoms with Crippen LogP contribution in [0.3, 0.4) is 0 Å². The standard InChI is InChI=1S/C20H25N3O2/c1-14(25-17-5-3-2-4-6-17)20(24)21-11-12-23-19(16-9-10-16)13-18(22-23)15-7-8-15/h2-6,13-16H,7-12H2,1H3,(H,21,24). The van der Waals surface area contributed by atoms with Gasteiger partial charge in [-0.1, -0.05) is 18.2 Å². The molecule has 0 aliphatic heterocycles. The van der Waals surface area contributed by atoms with Gasteiger partial charge in [0.1, 0.15) is 5.75 Å². The summed E-state index contributed by atoms with van der Waals surface area (Å²) in [4.78, 5) is 12.2. The van der Waals surface area contributed by atoms with E-state index in [9.17, 15) is 4.79 Å². The summed E-state index contributed by atoms with van der Waals surface area (Å²) in [6, 6.07) is 11.7. The number of carbonyl (C=O) groups excluding carboxylic acids is 1. The van der Waals surface area contributed by atoms with Crippen LogP contribution in [0.25, 0.3) is 0 Å². The number of benzene rings is 1. The summed E-state index contributed by atoms with van der Waals surface area (Å²) in [7, 11) is 0. The molecular weight excluding hydrogens is 314 g/mol. The molecule has 1 heterocycles. The zero-order chi connectivity index (χ0) is 17.2. The molecule has 5 heteroatoms. The Kier molecular flexibility index (Phi) is 4.47. The number of amides is 1. The molecule has 2 saturated carbocycles. The normalized spacial score (nSPS) is 18.0. The van der Waals surface area contributed by atoms with Gasteiger partial charge in [-0.3, -0.25) is 9.48 Å². The molecule has 132 valence electrons. The number of carbonyl (C=O) groups is 1. The summed E-state index contributed by atoms with van der Waals surface area (Å²) >= 11 is 0. The van der Waals surface area contributed by atoms with Crippen molar-refractivity contribution in [2.75, 3.05) is 6.54 Å². The van der Waals surface area contributed by atoms with Crippen molar-refractivity contribution in [2.45, 2.75) is 57.1 Å². The fourth-order valence-corrected chi connectivity index (χ4v) is 3.10. The number of ether oxygens (including phenoxy) is 1. The van der Waals surface area contributed by atoms with E-state index in [2.05, 4.69) is 16.1 Å². The lowest BCUT2D eigenvalue weighted by Crippen LogP contribution is -2.38. The van der Waals surface area contributed by atoms with E-state index in [4.69, 9.17) is 9.84 Å². The third kappa shape index (κ3) is 4.03. The molecule has 5 nitrogen and oxygen atoms in total. The highest BCUT2D eigenvalue weighted by Gasteiger charge is 2.32. The first-order chi connectivity index (χ1) is 12.2. The van der Waals surface area contributed by atoms with Crippen LogP contribution in [0.5, 0.6) is 5.75 Å². The van der Waals surface area contributed by atoms with E-state index in [1.54, 1.807) is 6.92 Å². The summed E-state index contributed by atoms with van der Waals surface area (Å²) in [5.41, 5.74) is 2.60. The third-order valence-corrected chi connectivity index (χ3v) is 4.87. The van der Waals surface area contributed by atoms with E-state index in [0.717, 1.165) is 6.54 Å². The van der Waals surface area contributed by atoms with Crippen LogP contribution in [0.2, 0.25) is 0 Å². The molecule has 0 bridgehead atoms. The van der Waals surface area contributed by atoms with Crippen molar-refractivity contribution in [1.29, 1.82) is 0 Å². The van der Waals surface area contributed by atoms with Gasteiger partial charge in [0.05, 0.1) is 12.2 Å². The highest BCUT2D eigenvalue weighted by atomic mass is 16.5. The Labute approximate surface area is 148 Å². The second-order valence-corrected chi connectivity index (χ2v) is 7.13. The molecule has 2 fully saturated rings.